The summed E-state index contributed by atoms with van der Waals surface area (Å²) in [5, 5.41) is 13.2. The van der Waals surface area contributed by atoms with Crippen LogP contribution in [0.1, 0.15) is 76.1 Å². The van der Waals surface area contributed by atoms with Gasteiger partial charge >= 0.3 is 12.0 Å². The fourth-order valence-corrected chi connectivity index (χ4v) is 4.75. The highest BCUT2D eigenvalue weighted by atomic mass is 19.1. The molecule has 1 aromatic carbocycles. The lowest BCUT2D eigenvalue weighted by atomic mass is 9.79. The third kappa shape index (κ3) is 4.74. The summed E-state index contributed by atoms with van der Waals surface area (Å²) in [6.45, 7) is 7.96. The molecule has 0 bridgehead atoms. The maximum absolute atomic E-state index is 14.3. The maximum Gasteiger partial charge on any atom is 0.324 e. The summed E-state index contributed by atoms with van der Waals surface area (Å²) in [4.78, 5) is 17.8. The minimum atomic E-state index is -1.04. The molecule has 1 saturated carbocycles. The molecule has 1 aliphatic heterocycles. The van der Waals surface area contributed by atoms with Crippen LogP contribution in [-0.2, 0) is 4.79 Å². The van der Waals surface area contributed by atoms with Gasteiger partial charge in [0.1, 0.15) is 11.6 Å². The Morgan fingerprint density at radius 1 is 1.31 bits per heavy atom. The van der Waals surface area contributed by atoms with Crippen LogP contribution in [0.5, 0.6) is 5.75 Å². The number of hydrogen-bond acceptors (Lipinski definition) is 6. The first-order chi connectivity index (χ1) is 15.3. The van der Waals surface area contributed by atoms with E-state index < -0.39 is 17.7 Å². The zero-order chi connectivity index (χ0) is 22.9. The third-order valence-corrected chi connectivity index (χ3v) is 7.15. The van der Waals surface area contributed by atoms with Crippen LogP contribution in [0.3, 0.4) is 0 Å². The van der Waals surface area contributed by atoms with E-state index in [1.165, 1.54) is 31.9 Å². The number of aromatic nitrogens is 2. The Balaban J connectivity index is 1.27. The third-order valence-electron chi connectivity index (χ3n) is 7.15. The average molecular weight is 446 g/mol. The van der Waals surface area contributed by atoms with Gasteiger partial charge in [-0.1, -0.05) is 25.1 Å². The molecule has 4 rings (SSSR count). The Kier molecular flexibility index (Phi) is 6.40. The number of benzene rings is 1. The van der Waals surface area contributed by atoms with Crippen molar-refractivity contribution in [3.05, 3.63) is 35.4 Å². The number of rotatable bonds is 9. The van der Waals surface area contributed by atoms with Crippen molar-refractivity contribution in [3.63, 3.8) is 0 Å². The van der Waals surface area contributed by atoms with Crippen LogP contribution in [0.2, 0.25) is 0 Å². The fraction of sp³-hybridized carbons (Fsp3) is 0.625. The quantitative estimate of drug-likeness (QED) is 0.582. The SMILES string of the molecule is CC(C)c1noc(N2CCC(C3(CCOc4ccc(C(C)C(=O)O)c(F)c4)CC3)CC2)n1. The lowest BCUT2D eigenvalue weighted by Gasteiger charge is -2.35. The smallest absolute Gasteiger partial charge is 0.324 e. The highest BCUT2D eigenvalue weighted by Gasteiger charge is 2.49. The van der Waals surface area contributed by atoms with Gasteiger partial charge in [-0.2, -0.15) is 4.98 Å². The molecule has 0 amide bonds. The van der Waals surface area contributed by atoms with E-state index in [0.717, 1.165) is 38.2 Å². The molecule has 0 spiro atoms. The molecule has 174 valence electrons. The van der Waals surface area contributed by atoms with Crippen LogP contribution in [0.4, 0.5) is 10.4 Å². The molecule has 1 aliphatic carbocycles. The molecule has 32 heavy (non-hydrogen) atoms. The lowest BCUT2D eigenvalue weighted by Crippen LogP contribution is -2.37. The van der Waals surface area contributed by atoms with Crippen molar-refractivity contribution in [2.45, 2.75) is 64.7 Å². The van der Waals surface area contributed by atoms with Gasteiger partial charge in [0.15, 0.2) is 5.82 Å². The standard InChI is InChI=1S/C24H32FN3O4/c1-15(2)21-26-23(32-27-21)28-11-6-17(7-12-28)24(8-9-24)10-13-31-18-4-5-19(20(25)14-18)16(3)22(29)30/h4-5,14-17H,6-13H2,1-3H3,(H,29,30). The van der Waals surface area contributed by atoms with E-state index in [2.05, 4.69) is 28.9 Å². The molecule has 1 atom stereocenters. The lowest BCUT2D eigenvalue weighted by molar-refractivity contribution is -0.138. The van der Waals surface area contributed by atoms with Crippen molar-refractivity contribution < 1.29 is 23.6 Å². The second kappa shape index (κ2) is 9.08. The Morgan fingerprint density at radius 2 is 2.03 bits per heavy atom. The van der Waals surface area contributed by atoms with E-state index in [9.17, 15) is 9.18 Å². The van der Waals surface area contributed by atoms with E-state index in [1.807, 2.05) is 0 Å². The van der Waals surface area contributed by atoms with Gasteiger partial charge in [-0.15, -0.1) is 0 Å². The molecule has 2 aliphatic rings. The van der Waals surface area contributed by atoms with Crippen LogP contribution in [0.15, 0.2) is 22.7 Å². The van der Waals surface area contributed by atoms with Crippen LogP contribution < -0.4 is 9.64 Å². The molecule has 7 nitrogen and oxygen atoms in total. The van der Waals surface area contributed by atoms with E-state index in [1.54, 1.807) is 6.07 Å². The van der Waals surface area contributed by atoms with Gasteiger partial charge in [0.2, 0.25) is 0 Å². The van der Waals surface area contributed by atoms with Crippen molar-refractivity contribution in [2.24, 2.45) is 11.3 Å². The monoisotopic (exact) mass is 445 g/mol. The summed E-state index contributed by atoms with van der Waals surface area (Å²) < 4.78 is 25.6. The molecule has 1 saturated heterocycles. The number of ether oxygens (including phenoxy) is 1. The van der Waals surface area contributed by atoms with Gasteiger partial charge in [-0.25, -0.2) is 4.39 Å². The Hall–Kier alpha value is -2.64. The second-order valence-electron chi connectivity index (χ2n) is 9.56. The van der Waals surface area contributed by atoms with Crippen molar-refractivity contribution >= 4 is 12.0 Å². The van der Waals surface area contributed by atoms with Gasteiger partial charge in [-0.05, 0) is 56.4 Å². The first kappa shape index (κ1) is 22.6. The van der Waals surface area contributed by atoms with Crippen LogP contribution in [0, 0.1) is 17.2 Å². The van der Waals surface area contributed by atoms with E-state index in [4.69, 9.17) is 14.4 Å². The van der Waals surface area contributed by atoms with Crippen molar-refractivity contribution in [1.29, 1.82) is 0 Å². The number of hydrogen-bond donors (Lipinski definition) is 1. The first-order valence-corrected chi connectivity index (χ1v) is 11.5. The Bertz CT molecular complexity index is 948. The Morgan fingerprint density at radius 3 is 2.59 bits per heavy atom. The van der Waals surface area contributed by atoms with Gasteiger partial charge < -0.3 is 19.3 Å². The molecule has 2 fully saturated rings. The molecule has 0 radical (unpaired) electrons. The average Bonchev–Trinajstić information content (AvgIpc) is 3.38. The second-order valence-corrected chi connectivity index (χ2v) is 9.56. The molecule has 1 unspecified atom stereocenters. The number of carboxylic acids is 1. The molecule has 1 aromatic heterocycles. The number of nitrogens with zero attached hydrogens (tertiary/aromatic N) is 3. The van der Waals surface area contributed by atoms with Crippen molar-refractivity contribution in [3.8, 4) is 5.75 Å². The summed E-state index contributed by atoms with van der Waals surface area (Å²) in [6.07, 6.45) is 5.56. The summed E-state index contributed by atoms with van der Waals surface area (Å²) >= 11 is 0. The number of piperidine rings is 1. The van der Waals surface area contributed by atoms with E-state index in [0.29, 0.717) is 29.7 Å². The Labute approximate surface area is 187 Å². The minimum absolute atomic E-state index is 0.178. The molecule has 8 heteroatoms. The van der Waals surface area contributed by atoms with Crippen LogP contribution >= 0.6 is 0 Å². The molecular formula is C24H32FN3O4. The van der Waals surface area contributed by atoms with Crippen LogP contribution in [-0.4, -0.2) is 40.9 Å². The van der Waals surface area contributed by atoms with Crippen LogP contribution in [0.25, 0.3) is 0 Å². The summed E-state index contributed by atoms with van der Waals surface area (Å²) in [6, 6.07) is 5.09. The van der Waals surface area contributed by atoms with Gasteiger partial charge in [0, 0.05) is 30.6 Å². The largest absolute Gasteiger partial charge is 0.493 e. The van der Waals surface area contributed by atoms with E-state index >= 15 is 0 Å². The van der Waals surface area contributed by atoms with Gasteiger partial charge in [0.05, 0.1) is 12.5 Å². The molecular weight excluding hydrogens is 413 g/mol. The molecule has 2 aromatic rings. The minimum Gasteiger partial charge on any atom is -0.493 e. The number of carboxylic acid groups (broad SMARTS) is 1. The van der Waals surface area contributed by atoms with Gasteiger partial charge in [-0.3, -0.25) is 4.79 Å². The summed E-state index contributed by atoms with van der Waals surface area (Å²) in [5.74, 6) is -0.359. The first-order valence-electron chi connectivity index (χ1n) is 11.5. The topological polar surface area (TPSA) is 88.7 Å². The highest BCUT2D eigenvalue weighted by Crippen LogP contribution is 2.57. The van der Waals surface area contributed by atoms with Crippen molar-refractivity contribution in [2.75, 3.05) is 24.6 Å². The molecule has 1 N–H and O–H groups in total. The van der Waals surface area contributed by atoms with Gasteiger partial charge in [0.25, 0.3) is 0 Å². The molecule has 2 heterocycles. The predicted octanol–water partition coefficient (Wildman–Crippen LogP) is 4.99. The zero-order valence-electron chi connectivity index (χ0n) is 19.0. The number of carbonyl (C=O) groups is 1. The fourth-order valence-electron chi connectivity index (χ4n) is 4.75. The number of halogens is 1. The summed E-state index contributed by atoms with van der Waals surface area (Å²) in [7, 11) is 0. The highest BCUT2D eigenvalue weighted by molar-refractivity contribution is 5.75. The number of anilines is 1. The van der Waals surface area contributed by atoms with Crippen molar-refractivity contribution in [1.82, 2.24) is 10.1 Å². The predicted molar refractivity (Wildman–Crippen MR) is 118 cm³/mol. The zero-order valence-corrected chi connectivity index (χ0v) is 19.0. The maximum atomic E-state index is 14.3. The summed E-state index contributed by atoms with van der Waals surface area (Å²) in [5.41, 5.74) is 0.498. The normalized spacial score (nSPS) is 19.2. The van der Waals surface area contributed by atoms with E-state index in [-0.39, 0.29) is 11.5 Å². The number of aliphatic carboxylic acids is 1.